The lowest BCUT2D eigenvalue weighted by atomic mass is 9.79. The monoisotopic (exact) mass is 350 g/mol. The van der Waals surface area contributed by atoms with Crippen molar-refractivity contribution in [2.75, 3.05) is 6.54 Å². The molecule has 2 N–H and O–H groups in total. The van der Waals surface area contributed by atoms with Crippen LogP contribution < -0.4 is 10.6 Å². The molecule has 4 heteroatoms. The Balaban J connectivity index is 1.63. The number of nitrogens with one attached hydrogen (secondary N) is 2. The van der Waals surface area contributed by atoms with Crippen LogP contribution in [-0.2, 0) is 16.8 Å². The number of hydrogen-bond acceptors (Lipinski definition) is 2. The summed E-state index contributed by atoms with van der Waals surface area (Å²) >= 11 is 0. The molecule has 1 aliphatic carbocycles. The van der Waals surface area contributed by atoms with Crippen LogP contribution in [0.2, 0.25) is 0 Å². The fraction of sp³-hybridized carbons (Fsp3) is 0.364. The van der Waals surface area contributed by atoms with Gasteiger partial charge < -0.3 is 10.6 Å². The number of carbonyl (C=O) groups excluding carboxylic acids is 2. The summed E-state index contributed by atoms with van der Waals surface area (Å²) in [5.41, 5.74) is 3.01. The van der Waals surface area contributed by atoms with Crippen LogP contribution in [-0.4, -0.2) is 18.4 Å². The second-order valence-corrected chi connectivity index (χ2v) is 7.14. The minimum atomic E-state index is -0.0606. The number of amides is 2. The molecule has 0 atom stereocenters. The fourth-order valence-corrected chi connectivity index (χ4v) is 3.76. The van der Waals surface area contributed by atoms with Crippen molar-refractivity contribution in [3.05, 3.63) is 71.3 Å². The predicted molar refractivity (Wildman–Crippen MR) is 103 cm³/mol. The van der Waals surface area contributed by atoms with Crippen molar-refractivity contribution in [2.24, 2.45) is 0 Å². The minimum absolute atomic E-state index is 0.0433. The smallest absolute Gasteiger partial charge is 0.251 e. The van der Waals surface area contributed by atoms with E-state index in [1.165, 1.54) is 25.3 Å². The lowest BCUT2D eigenvalue weighted by Gasteiger charge is -2.30. The Bertz CT molecular complexity index is 747. The van der Waals surface area contributed by atoms with Gasteiger partial charge in [0.2, 0.25) is 5.91 Å². The van der Waals surface area contributed by atoms with Gasteiger partial charge in [-0.05, 0) is 36.1 Å². The molecule has 1 saturated carbocycles. The first-order chi connectivity index (χ1) is 12.6. The van der Waals surface area contributed by atoms with E-state index in [-0.39, 0.29) is 17.2 Å². The molecule has 1 aliphatic rings. The van der Waals surface area contributed by atoms with Gasteiger partial charge in [-0.3, -0.25) is 9.59 Å². The molecule has 1 fully saturated rings. The molecule has 0 unspecified atom stereocenters. The summed E-state index contributed by atoms with van der Waals surface area (Å²) in [5, 5.41) is 5.90. The number of benzene rings is 2. The maximum Gasteiger partial charge on any atom is 0.251 e. The van der Waals surface area contributed by atoms with Crippen LogP contribution in [0.5, 0.6) is 0 Å². The third kappa shape index (κ3) is 4.31. The van der Waals surface area contributed by atoms with E-state index in [4.69, 9.17) is 0 Å². The normalized spacial score (nSPS) is 15.4. The Hall–Kier alpha value is -2.62. The third-order valence-electron chi connectivity index (χ3n) is 5.29. The highest BCUT2D eigenvalue weighted by atomic mass is 16.2. The zero-order valence-electron chi connectivity index (χ0n) is 15.3. The van der Waals surface area contributed by atoms with Crippen LogP contribution in [0.1, 0.15) is 54.1 Å². The fourth-order valence-electron chi connectivity index (χ4n) is 3.76. The van der Waals surface area contributed by atoms with Gasteiger partial charge in [-0.2, -0.15) is 0 Å². The van der Waals surface area contributed by atoms with Gasteiger partial charge in [0, 0.05) is 31.0 Å². The molecule has 0 radical (unpaired) electrons. The standard InChI is InChI=1S/C22H26N2O2/c1-17(25)23-15-18-9-11-19(12-10-18)21(26)24-16-22(13-5-6-14-22)20-7-3-2-4-8-20/h2-4,7-12H,5-6,13-16H2,1H3,(H,23,25)(H,24,26). The van der Waals surface area contributed by atoms with Gasteiger partial charge in [0.05, 0.1) is 0 Å². The highest BCUT2D eigenvalue weighted by Gasteiger charge is 2.35. The van der Waals surface area contributed by atoms with Crippen LogP contribution in [0.3, 0.4) is 0 Å². The Kier molecular flexibility index (Phi) is 5.71. The molecule has 0 aromatic heterocycles. The summed E-state index contributed by atoms with van der Waals surface area (Å²) in [7, 11) is 0. The van der Waals surface area contributed by atoms with E-state index in [2.05, 4.69) is 34.9 Å². The molecule has 2 aromatic carbocycles. The van der Waals surface area contributed by atoms with Crippen LogP contribution in [0.15, 0.2) is 54.6 Å². The SMILES string of the molecule is CC(=O)NCc1ccc(C(=O)NCC2(c3ccccc3)CCCC2)cc1. The lowest BCUT2D eigenvalue weighted by Crippen LogP contribution is -2.39. The van der Waals surface area contributed by atoms with Crippen LogP contribution in [0.4, 0.5) is 0 Å². The number of rotatable bonds is 6. The molecule has 0 heterocycles. The van der Waals surface area contributed by atoms with Crippen molar-refractivity contribution in [3.63, 3.8) is 0 Å². The van der Waals surface area contributed by atoms with E-state index in [1.807, 2.05) is 30.3 Å². The topological polar surface area (TPSA) is 58.2 Å². The van der Waals surface area contributed by atoms with Gasteiger partial charge in [-0.15, -0.1) is 0 Å². The quantitative estimate of drug-likeness (QED) is 0.837. The number of carbonyl (C=O) groups is 2. The molecule has 2 aromatic rings. The second kappa shape index (κ2) is 8.17. The Morgan fingerprint density at radius 3 is 2.19 bits per heavy atom. The highest BCUT2D eigenvalue weighted by molar-refractivity contribution is 5.94. The van der Waals surface area contributed by atoms with Crippen molar-refractivity contribution in [2.45, 2.75) is 44.6 Å². The lowest BCUT2D eigenvalue weighted by molar-refractivity contribution is -0.119. The minimum Gasteiger partial charge on any atom is -0.352 e. The molecule has 4 nitrogen and oxygen atoms in total. The summed E-state index contributed by atoms with van der Waals surface area (Å²) in [6, 6.07) is 17.9. The van der Waals surface area contributed by atoms with E-state index in [9.17, 15) is 9.59 Å². The van der Waals surface area contributed by atoms with Crippen molar-refractivity contribution >= 4 is 11.8 Å². The first-order valence-corrected chi connectivity index (χ1v) is 9.26. The summed E-state index contributed by atoms with van der Waals surface area (Å²) < 4.78 is 0. The molecule has 0 aliphatic heterocycles. The third-order valence-corrected chi connectivity index (χ3v) is 5.29. The van der Waals surface area contributed by atoms with Gasteiger partial charge in [-0.1, -0.05) is 55.3 Å². The second-order valence-electron chi connectivity index (χ2n) is 7.14. The summed E-state index contributed by atoms with van der Waals surface area (Å²) in [6.07, 6.45) is 4.66. The zero-order valence-corrected chi connectivity index (χ0v) is 15.3. The first-order valence-electron chi connectivity index (χ1n) is 9.26. The average molecular weight is 350 g/mol. The maximum atomic E-state index is 12.6. The van der Waals surface area contributed by atoms with Gasteiger partial charge in [-0.25, -0.2) is 0 Å². The van der Waals surface area contributed by atoms with Crippen molar-refractivity contribution in [3.8, 4) is 0 Å². The molecular weight excluding hydrogens is 324 g/mol. The largest absolute Gasteiger partial charge is 0.352 e. The molecule has 136 valence electrons. The Labute approximate surface area is 155 Å². The van der Waals surface area contributed by atoms with Crippen molar-refractivity contribution in [1.29, 1.82) is 0 Å². The number of hydrogen-bond donors (Lipinski definition) is 2. The van der Waals surface area contributed by atoms with Crippen molar-refractivity contribution in [1.82, 2.24) is 10.6 Å². The maximum absolute atomic E-state index is 12.6. The average Bonchev–Trinajstić information content (AvgIpc) is 3.16. The van der Waals surface area contributed by atoms with Crippen LogP contribution in [0, 0.1) is 0 Å². The van der Waals surface area contributed by atoms with Gasteiger partial charge in [0.1, 0.15) is 0 Å². The Morgan fingerprint density at radius 1 is 0.923 bits per heavy atom. The summed E-state index contributed by atoms with van der Waals surface area (Å²) in [5.74, 6) is -0.104. The molecule has 0 spiro atoms. The highest BCUT2D eigenvalue weighted by Crippen LogP contribution is 2.40. The van der Waals surface area contributed by atoms with Crippen LogP contribution in [0.25, 0.3) is 0 Å². The van der Waals surface area contributed by atoms with E-state index < -0.39 is 0 Å². The van der Waals surface area contributed by atoms with Crippen LogP contribution >= 0.6 is 0 Å². The first kappa shape index (κ1) is 18.2. The molecule has 0 saturated heterocycles. The summed E-state index contributed by atoms with van der Waals surface area (Å²) in [6.45, 7) is 2.64. The molecule has 2 amide bonds. The van der Waals surface area contributed by atoms with E-state index in [1.54, 1.807) is 0 Å². The van der Waals surface area contributed by atoms with E-state index in [0.29, 0.717) is 18.7 Å². The molecule has 26 heavy (non-hydrogen) atoms. The molecular formula is C22H26N2O2. The van der Waals surface area contributed by atoms with Gasteiger partial charge in [0.15, 0.2) is 0 Å². The molecule has 0 bridgehead atoms. The van der Waals surface area contributed by atoms with Gasteiger partial charge in [0.25, 0.3) is 5.91 Å². The summed E-state index contributed by atoms with van der Waals surface area (Å²) in [4.78, 5) is 23.5. The van der Waals surface area contributed by atoms with Crippen molar-refractivity contribution < 1.29 is 9.59 Å². The van der Waals surface area contributed by atoms with E-state index in [0.717, 1.165) is 18.4 Å². The predicted octanol–water partition coefficient (Wildman–Crippen LogP) is 3.56. The molecule has 3 rings (SSSR count). The van der Waals surface area contributed by atoms with E-state index >= 15 is 0 Å². The van der Waals surface area contributed by atoms with Gasteiger partial charge >= 0.3 is 0 Å². The zero-order chi connectivity index (χ0) is 18.4. The Morgan fingerprint density at radius 2 is 1.58 bits per heavy atom.